The van der Waals surface area contributed by atoms with Crippen molar-refractivity contribution < 1.29 is 4.79 Å². The summed E-state index contributed by atoms with van der Waals surface area (Å²) in [6, 6.07) is 18.3. The maximum absolute atomic E-state index is 13.0. The molecule has 1 fully saturated rings. The van der Waals surface area contributed by atoms with Crippen LogP contribution in [0.5, 0.6) is 0 Å². The van der Waals surface area contributed by atoms with E-state index in [1.807, 2.05) is 47.0 Å². The van der Waals surface area contributed by atoms with Gasteiger partial charge in [0.2, 0.25) is 0 Å². The lowest BCUT2D eigenvalue weighted by atomic mass is 10.1. The molecule has 2 heterocycles. The first-order valence-corrected chi connectivity index (χ1v) is 9.95. The summed E-state index contributed by atoms with van der Waals surface area (Å²) >= 11 is 1.95. The van der Waals surface area contributed by atoms with Crippen LogP contribution in [0.1, 0.15) is 28.8 Å². The molecular weight excluding hydrogens is 340 g/mol. The Morgan fingerprint density at radius 2 is 1.81 bits per heavy atom. The van der Waals surface area contributed by atoms with E-state index in [0.29, 0.717) is 10.8 Å². The van der Waals surface area contributed by atoms with Crippen LogP contribution in [0.3, 0.4) is 0 Å². The molecule has 0 radical (unpaired) electrons. The number of benzene rings is 2. The lowest BCUT2D eigenvalue weighted by Crippen LogP contribution is -2.39. The predicted molar refractivity (Wildman–Crippen MR) is 108 cm³/mol. The minimum atomic E-state index is 0.105. The van der Waals surface area contributed by atoms with E-state index in [1.165, 1.54) is 10.5 Å². The third kappa shape index (κ3) is 3.47. The van der Waals surface area contributed by atoms with E-state index in [2.05, 4.69) is 36.2 Å². The Morgan fingerprint density at radius 1 is 1.04 bits per heavy atom. The third-order valence-corrected chi connectivity index (χ3v) is 6.50. The number of carbonyl (C=O) groups is 1. The molecule has 0 aliphatic carbocycles. The molecule has 0 bridgehead atoms. The van der Waals surface area contributed by atoms with Crippen molar-refractivity contribution in [2.24, 2.45) is 0 Å². The van der Waals surface area contributed by atoms with Crippen molar-refractivity contribution in [1.82, 2.24) is 9.88 Å². The normalized spacial score (nSPS) is 15.3. The molecule has 26 heavy (non-hydrogen) atoms. The number of hydrogen-bond donors (Lipinski definition) is 0. The molecule has 1 saturated heterocycles. The lowest BCUT2D eigenvalue weighted by Gasteiger charge is -2.32. The summed E-state index contributed by atoms with van der Waals surface area (Å²) in [6.45, 7) is 3.78. The van der Waals surface area contributed by atoms with Gasteiger partial charge in [-0.25, -0.2) is 0 Å². The van der Waals surface area contributed by atoms with E-state index in [-0.39, 0.29) is 5.91 Å². The third-order valence-electron chi connectivity index (χ3n) is 4.98. The van der Waals surface area contributed by atoms with Crippen molar-refractivity contribution in [3.05, 3.63) is 71.9 Å². The second-order valence-corrected chi connectivity index (χ2v) is 8.10. The number of para-hydroxylation sites is 1. The highest BCUT2D eigenvalue weighted by molar-refractivity contribution is 8.00. The zero-order valence-electron chi connectivity index (χ0n) is 14.9. The number of nitrogens with zero attached hydrogens (tertiary/aromatic N) is 2. The van der Waals surface area contributed by atoms with Gasteiger partial charge in [-0.05, 0) is 43.5 Å². The van der Waals surface area contributed by atoms with E-state index in [9.17, 15) is 4.79 Å². The summed E-state index contributed by atoms with van der Waals surface area (Å²) in [5.74, 6) is 0.105. The first kappa shape index (κ1) is 17.1. The van der Waals surface area contributed by atoms with Crippen LogP contribution >= 0.6 is 11.8 Å². The van der Waals surface area contributed by atoms with Crippen LogP contribution in [0.4, 0.5) is 0 Å². The Balaban J connectivity index is 1.44. The smallest absolute Gasteiger partial charge is 0.256 e. The highest BCUT2D eigenvalue weighted by Crippen LogP contribution is 2.32. The van der Waals surface area contributed by atoms with E-state index < -0.39 is 0 Å². The molecule has 0 spiro atoms. The Labute approximate surface area is 158 Å². The topological polar surface area (TPSA) is 33.2 Å². The van der Waals surface area contributed by atoms with Gasteiger partial charge in [0.05, 0.1) is 11.1 Å². The van der Waals surface area contributed by atoms with Crippen LogP contribution in [0.15, 0.2) is 65.7 Å². The number of piperidine rings is 1. The molecule has 0 saturated carbocycles. The van der Waals surface area contributed by atoms with Crippen LogP contribution in [-0.4, -0.2) is 34.1 Å². The van der Waals surface area contributed by atoms with Gasteiger partial charge in [0.1, 0.15) is 0 Å². The number of rotatable bonds is 3. The largest absolute Gasteiger partial charge is 0.338 e. The molecule has 4 rings (SSSR count). The summed E-state index contributed by atoms with van der Waals surface area (Å²) in [5, 5.41) is 1.59. The summed E-state index contributed by atoms with van der Waals surface area (Å²) in [5.41, 5.74) is 2.85. The second-order valence-electron chi connectivity index (χ2n) is 6.76. The average molecular weight is 362 g/mol. The molecule has 3 nitrogen and oxygen atoms in total. The summed E-state index contributed by atoms with van der Waals surface area (Å²) in [7, 11) is 0. The molecule has 0 unspecified atom stereocenters. The number of aryl methyl sites for hydroxylation is 1. The standard InChI is InChI=1S/C22H22N2OS/c1-16-6-2-3-10-20(16)26-18-11-14-24(15-12-18)22(25)19-9-4-7-17-8-5-13-23-21(17)19/h2-10,13,18H,11-12,14-15H2,1H3. The predicted octanol–water partition coefficient (Wildman–Crippen LogP) is 4.94. The Kier molecular flexibility index (Phi) is 4.93. The summed E-state index contributed by atoms with van der Waals surface area (Å²) < 4.78 is 0. The Morgan fingerprint density at radius 3 is 2.62 bits per heavy atom. The van der Waals surface area contributed by atoms with Gasteiger partial charge in [0, 0.05) is 34.8 Å². The second kappa shape index (κ2) is 7.50. The zero-order valence-corrected chi connectivity index (χ0v) is 15.7. The SMILES string of the molecule is Cc1ccccc1SC1CCN(C(=O)c2cccc3cccnc23)CC1. The van der Waals surface area contributed by atoms with Gasteiger partial charge in [-0.3, -0.25) is 9.78 Å². The number of likely N-dealkylation sites (tertiary alicyclic amines) is 1. The molecule has 0 atom stereocenters. The van der Waals surface area contributed by atoms with Gasteiger partial charge in [-0.15, -0.1) is 11.8 Å². The molecule has 2 aromatic carbocycles. The van der Waals surface area contributed by atoms with Gasteiger partial charge in [-0.2, -0.15) is 0 Å². The first-order valence-electron chi connectivity index (χ1n) is 9.08. The fourth-order valence-electron chi connectivity index (χ4n) is 3.49. The molecule has 1 aliphatic heterocycles. The van der Waals surface area contributed by atoms with Crippen molar-refractivity contribution in [1.29, 1.82) is 0 Å². The van der Waals surface area contributed by atoms with Crippen molar-refractivity contribution in [3.8, 4) is 0 Å². The van der Waals surface area contributed by atoms with Gasteiger partial charge in [0.15, 0.2) is 0 Å². The molecule has 1 aliphatic rings. The number of fused-ring (bicyclic) bond motifs is 1. The fraction of sp³-hybridized carbons (Fsp3) is 0.273. The maximum atomic E-state index is 13.0. The van der Waals surface area contributed by atoms with Crippen LogP contribution in [0.25, 0.3) is 10.9 Å². The maximum Gasteiger partial charge on any atom is 0.256 e. The Hall–Kier alpha value is -2.33. The molecule has 132 valence electrons. The van der Waals surface area contributed by atoms with Gasteiger partial charge < -0.3 is 4.90 Å². The van der Waals surface area contributed by atoms with E-state index >= 15 is 0 Å². The van der Waals surface area contributed by atoms with Gasteiger partial charge >= 0.3 is 0 Å². The number of hydrogen-bond acceptors (Lipinski definition) is 3. The van der Waals surface area contributed by atoms with Gasteiger partial charge in [0.25, 0.3) is 5.91 Å². The van der Waals surface area contributed by atoms with Crippen molar-refractivity contribution in [2.45, 2.75) is 29.9 Å². The molecule has 4 heteroatoms. The highest BCUT2D eigenvalue weighted by Gasteiger charge is 2.25. The van der Waals surface area contributed by atoms with Crippen LogP contribution in [-0.2, 0) is 0 Å². The molecule has 0 N–H and O–H groups in total. The number of amides is 1. The van der Waals surface area contributed by atoms with E-state index in [4.69, 9.17) is 0 Å². The average Bonchev–Trinajstić information content (AvgIpc) is 2.69. The number of aromatic nitrogens is 1. The summed E-state index contributed by atoms with van der Waals surface area (Å²) in [6.07, 6.45) is 3.82. The molecule has 3 aromatic rings. The Bertz CT molecular complexity index is 927. The number of carbonyl (C=O) groups excluding carboxylic acids is 1. The minimum Gasteiger partial charge on any atom is -0.338 e. The molecular formula is C22H22N2OS. The van der Waals surface area contributed by atoms with Crippen molar-refractivity contribution >= 4 is 28.6 Å². The van der Waals surface area contributed by atoms with Crippen LogP contribution < -0.4 is 0 Å². The lowest BCUT2D eigenvalue weighted by molar-refractivity contribution is 0.0729. The zero-order chi connectivity index (χ0) is 17.9. The van der Waals surface area contributed by atoms with E-state index in [1.54, 1.807) is 6.20 Å². The van der Waals surface area contributed by atoms with Crippen LogP contribution in [0, 0.1) is 6.92 Å². The quantitative estimate of drug-likeness (QED) is 0.662. The molecule has 1 amide bonds. The van der Waals surface area contributed by atoms with Gasteiger partial charge in [-0.1, -0.05) is 36.4 Å². The van der Waals surface area contributed by atoms with E-state index in [0.717, 1.165) is 36.8 Å². The summed E-state index contributed by atoms with van der Waals surface area (Å²) in [4.78, 5) is 20.8. The first-order chi connectivity index (χ1) is 12.7. The highest BCUT2D eigenvalue weighted by atomic mass is 32.2. The van der Waals surface area contributed by atoms with Crippen molar-refractivity contribution in [2.75, 3.05) is 13.1 Å². The van der Waals surface area contributed by atoms with Crippen LogP contribution in [0.2, 0.25) is 0 Å². The van der Waals surface area contributed by atoms with Crippen molar-refractivity contribution in [3.63, 3.8) is 0 Å². The fourth-order valence-corrected chi connectivity index (χ4v) is 4.71. The number of thioether (sulfide) groups is 1. The monoisotopic (exact) mass is 362 g/mol. The molecule has 1 aromatic heterocycles. The number of pyridine rings is 1. The minimum absolute atomic E-state index is 0.105.